The molecule has 1 saturated heterocycles. The van der Waals surface area contributed by atoms with Gasteiger partial charge in [0.15, 0.2) is 5.82 Å². The first-order chi connectivity index (χ1) is 10.7. The molecule has 0 atom stereocenters. The standard InChI is InChI=1S/C16H25N3O3/c1-12-17-15(18-22-12)8-11-21-14-6-9-19(10-7-14)16(20)13-4-2-3-5-13/h13-14H,2-11H2,1H3. The Hall–Kier alpha value is -1.43. The third-order valence-electron chi connectivity index (χ3n) is 4.71. The van der Waals surface area contributed by atoms with Crippen molar-refractivity contribution in [2.24, 2.45) is 5.92 Å². The Balaban J connectivity index is 1.35. The van der Waals surface area contributed by atoms with E-state index in [0.29, 0.717) is 36.6 Å². The molecular weight excluding hydrogens is 282 g/mol. The highest BCUT2D eigenvalue weighted by Gasteiger charge is 2.30. The molecule has 1 aromatic rings. The van der Waals surface area contributed by atoms with Crippen LogP contribution in [-0.2, 0) is 16.0 Å². The van der Waals surface area contributed by atoms with Gasteiger partial charge in [0, 0.05) is 32.4 Å². The number of rotatable bonds is 5. The highest BCUT2D eigenvalue weighted by atomic mass is 16.5. The molecule has 122 valence electrons. The largest absolute Gasteiger partial charge is 0.378 e. The lowest BCUT2D eigenvalue weighted by atomic mass is 10.0. The molecule has 1 aliphatic heterocycles. The van der Waals surface area contributed by atoms with E-state index in [4.69, 9.17) is 9.26 Å². The Morgan fingerprint density at radius 3 is 2.64 bits per heavy atom. The quantitative estimate of drug-likeness (QED) is 0.833. The van der Waals surface area contributed by atoms with Gasteiger partial charge in [-0.05, 0) is 25.7 Å². The average molecular weight is 307 g/mol. The molecule has 0 bridgehead atoms. The zero-order chi connectivity index (χ0) is 15.4. The fourth-order valence-electron chi connectivity index (χ4n) is 3.43. The fourth-order valence-corrected chi connectivity index (χ4v) is 3.43. The second-order valence-corrected chi connectivity index (χ2v) is 6.36. The van der Waals surface area contributed by atoms with Gasteiger partial charge in [-0.1, -0.05) is 18.0 Å². The molecule has 2 heterocycles. The van der Waals surface area contributed by atoms with Gasteiger partial charge in [-0.2, -0.15) is 4.98 Å². The molecule has 0 radical (unpaired) electrons. The topological polar surface area (TPSA) is 68.5 Å². The number of ether oxygens (including phenoxy) is 1. The maximum Gasteiger partial charge on any atom is 0.225 e. The molecule has 0 N–H and O–H groups in total. The summed E-state index contributed by atoms with van der Waals surface area (Å²) >= 11 is 0. The third kappa shape index (κ3) is 3.85. The first-order valence-corrected chi connectivity index (χ1v) is 8.42. The van der Waals surface area contributed by atoms with Crippen LogP contribution in [0.15, 0.2) is 4.52 Å². The lowest BCUT2D eigenvalue weighted by molar-refractivity contribution is -0.138. The van der Waals surface area contributed by atoms with Crippen LogP contribution in [0.4, 0.5) is 0 Å². The average Bonchev–Trinajstić information content (AvgIpc) is 3.19. The molecule has 1 saturated carbocycles. The first kappa shape index (κ1) is 15.5. The molecule has 1 aromatic heterocycles. The van der Waals surface area contributed by atoms with Crippen molar-refractivity contribution >= 4 is 5.91 Å². The number of amides is 1. The predicted molar refractivity (Wildman–Crippen MR) is 80.3 cm³/mol. The molecule has 6 heteroatoms. The van der Waals surface area contributed by atoms with Crippen LogP contribution in [0.5, 0.6) is 0 Å². The van der Waals surface area contributed by atoms with Gasteiger partial charge in [-0.3, -0.25) is 4.79 Å². The van der Waals surface area contributed by atoms with Crippen molar-refractivity contribution in [3.63, 3.8) is 0 Å². The summed E-state index contributed by atoms with van der Waals surface area (Å²) in [6.07, 6.45) is 7.39. The third-order valence-corrected chi connectivity index (χ3v) is 4.71. The highest BCUT2D eigenvalue weighted by Crippen LogP contribution is 2.28. The fraction of sp³-hybridized carbons (Fsp3) is 0.812. The van der Waals surface area contributed by atoms with Crippen LogP contribution in [0.3, 0.4) is 0 Å². The number of aryl methyl sites for hydroxylation is 1. The van der Waals surface area contributed by atoms with Crippen LogP contribution in [-0.4, -0.2) is 46.7 Å². The van der Waals surface area contributed by atoms with Crippen molar-refractivity contribution in [1.29, 1.82) is 0 Å². The number of carbonyl (C=O) groups is 1. The maximum absolute atomic E-state index is 12.4. The van der Waals surface area contributed by atoms with Gasteiger partial charge in [0.1, 0.15) is 0 Å². The van der Waals surface area contributed by atoms with Crippen molar-refractivity contribution in [3.05, 3.63) is 11.7 Å². The van der Waals surface area contributed by atoms with E-state index >= 15 is 0 Å². The molecular formula is C16H25N3O3. The number of hydrogen-bond donors (Lipinski definition) is 0. The van der Waals surface area contributed by atoms with Crippen molar-refractivity contribution in [1.82, 2.24) is 15.0 Å². The number of nitrogens with zero attached hydrogens (tertiary/aromatic N) is 3. The normalized spacial score (nSPS) is 20.7. The molecule has 1 aliphatic carbocycles. The summed E-state index contributed by atoms with van der Waals surface area (Å²) < 4.78 is 10.8. The van der Waals surface area contributed by atoms with Gasteiger partial charge in [0.25, 0.3) is 0 Å². The van der Waals surface area contributed by atoms with Gasteiger partial charge in [0.2, 0.25) is 11.8 Å². The van der Waals surface area contributed by atoms with Gasteiger partial charge in [0.05, 0.1) is 12.7 Å². The molecule has 2 fully saturated rings. The van der Waals surface area contributed by atoms with E-state index in [0.717, 1.165) is 38.8 Å². The summed E-state index contributed by atoms with van der Waals surface area (Å²) in [5.74, 6) is 1.96. The summed E-state index contributed by atoms with van der Waals surface area (Å²) in [6.45, 7) is 4.07. The van der Waals surface area contributed by atoms with Crippen molar-refractivity contribution in [3.8, 4) is 0 Å². The number of aromatic nitrogens is 2. The van der Waals surface area contributed by atoms with E-state index in [-0.39, 0.29) is 6.10 Å². The SMILES string of the molecule is Cc1nc(CCOC2CCN(C(=O)C3CCCC3)CC2)no1. The van der Waals surface area contributed by atoms with Crippen LogP contribution in [0.25, 0.3) is 0 Å². The van der Waals surface area contributed by atoms with Gasteiger partial charge < -0.3 is 14.2 Å². The second-order valence-electron chi connectivity index (χ2n) is 6.36. The molecule has 3 rings (SSSR count). The van der Waals surface area contributed by atoms with Crippen molar-refractivity contribution in [2.45, 2.75) is 58.0 Å². The molecule has 22 heavy (non-hydrogen) atoms. The molecule has 2 aliphatic rings. The molecule has 0 spiro atoms. The molecule has 0 aromatic carbocycles. The second kappa shape index (κ2) is 7.22. The lowest BCUT2D eigenvalue weighted by Gasteiger charge is -2.33. The Labute approximate surface area is 131 Å². The van der Waals surface area contributed by atoms with E-state index in [2.05, 4.69) is 10.1 Å². The Kier molecular flexibility index (Phi) is 5.08. The van der Waals surface area contributed by atoms with Gasteiger partial charge in [-0.25, -0.2) is 0 Å². The summed E-state index contributed by atoms with van der Waals surface area (Å²) in [5.41, 5.74) is 0. The van der Waals surface area contributed by atoms with Crippen molar-refractivity contribution < 1.29 is 14.1 Å². The maximum atomic E-state index is 12.4. The summed E-state index contributed by atoms with van der Waals surface area (Å²) in [7, 11) is 0. The molecule has 6 nitrogen and oxygen atoms in total. The number of likely N-dealkylation sites (tertiary alicyclic amines) is 1. The zero-order valence-electron chi connectivity index (χ0n) is 13.3. The van der Waals surface area contributed by atoms with Crippen LogP contribution in [0.2, 0.25) is 0 Å². The minimum absolute atomic E-state index is 0.251. The van der Waals surface area contributed by atoms with Crippen LogP contribution >= 0.6 is 0 Å². The summed E-state index contributed by atoms with van der Waals surface area (Å²) in [6, 6.07) is 0. The van der Waals surface area contributed by atoms with Crippen molar-refractivity contribution in [2.75, 3.05) is 19.7 Å². The minimum atomic E-state index is 0.251. The van der Waals surface area contributed by atoms with E-state index in [1.807, 2.05) is 4.90 Å². The van der Waals surface area contributed by atoms with E-state index in [1.165, 1.54) is 12.8 Å². The Morgan fingerprint density at radius 2 is 2.00 bits per heavy atom. The molecule has 1 amide bonds. The number of carbonyl (C=O) groups excluding carboxylic acids is 1. The molecule has 0 unspecified atom stereocenters. The van der Waals surface area contributed by atoms with Crippen LogP contribution < -0.4 is 0 Å². The van der Waals surface area contributed by atoms with Crippen LogP contribution in [0, 0.1) is 12.8 Å². The monoisotopic (exact) mass is 307 g/mol. The van der Waals surface area contributed by atoms with Gasteiger partial charge >= 0.3 is 0 Å². The lowest BCUT2D eigenvalue weighted by Crippen LogP contribution is -2.43. The van der Waals surface area contributed by atoms with Crippen LogP contribution in [0.1, 0.15) is 50.2 Å². The zero-order valence-corrected chi connectivity index (χ0v) is 13.3. The highest BCUT2D eigenvalue weighted by molar-refractivity contribution is 5.79. The number of hydrogen-bond acceptors (Lipinski definition) is 5. The minimum Gasteiger partial charge on any atom is -0.378 e. The van der Waals surface area contributed by atoms with Gasteiger partial charge in [-0.15, -0.1) is 0 Å². The van der Waals surface area contributed by atoms with E-state index in [9.17, 15) is 4.79 Å². The van der Waals surface area contributed by atoms with E-state index < -0.39 is 0 Å². The Morgan fingerprint density at radius 1 is 1.27 bits per heavy atom. The number of piperidine rings is 1. The Bertz CT molecular complexity index is 489. The summed E-state index contributed by atoms with van der Waals surface area (Å²) in [5, 5.41) is 3.86. The first-order valence-electron chi connectivity index (χ1n) is 8.42. The summed E-state index contributed by atoms with van der Waals surface area (Å²) in [4.78, 5) is 18.6. The van der Waals surface area contributed by atoms with E-state index in [1.54, 1.807) is 6.92 Å². The smallest absolute Gasteiger partial charge is 0.225 e. The predicted octanol–water partition coefficient (Wildman–Crippen LogP) is 2.12.